The van der Waals surface area contributed by atoms with Gasteiger partial charge in [0.25, 0.3) is 5.56 Å². The molecular formula is C18H21N5O6S. The molecule has 0 aliphatic heterocycles. The van der Waals surface area contributed by atoms with E-state index in [4.69, 9.17) is 4.74 Å². The normalized spacial score (nSPS) is 11.6. The average Bonchev–Trinajstić information content (AvgIpc) is 3.08. The van der Waals surface area contributed by atoms with Gasteiger partial charge < -0.3 is 14.6 Å². The molecule has 3 aromatic rings. The number of anilines is 1. The fourth-order valence-electron chi connectivity index (χ4n) is 3.05. The number of nitrogens with zero attached hydrogens (tertiary/aromatic N) is 4. The number of aromatic nitrogens is 4. The smallest absolute Gasteiger partial charge is 0.332 e. The van der Waals surface area contributed by atoms with Gasteiger partial charge in [-0.3, -0.25) is 18.7 Å². The summed E-state index contributed by atoms with van der Waals surface area (Å²) in [6, 6.07) is 6.59. The maximum Gasteiger partial charge on any atom is 0.332 e. The minimum Gasteiger partial charge on any atom is -0.497 e. The molecule has 0 unspecified atom stereocenters. The Bertz CT molecular complexity index is 1350. The van der Waals surface area contributed by atoms with Crippen molar-refractivity contribution in [3.63, 3.8) is 0 Å². The highest BCUT2D eigenvalue weighted by Gasteiger charge is 2.26. The highest BCUT2D eigenvalue weighted by Crippen LogP contribution is 2.17. The molecule has 0 saturated heterocycles. The Labute approximate surface area is 171 Å². The number of ether oxygens (including phenoxy) is 1. The molecule has 30 heavy (non-hydrogen) atoms. The molecular weight excluding hydrogens is 414 g/mol. The minimum absolute atomic E-state index is 0.0874. The maximum absolute atomic E-state index is 12.8. The van der Waals surface area contributed by atoms with Crippen LogP contribution in [0.1, 0.15) is 6.42 Å². The first-order chi connectivity index (χ1) is 14.1. The fourth-order valence-corrected chi connectivity index (χ4v) is 4.42. The Morgan fingerprint density at radius 3 is 2.30 bits per heavy atom. The van der Waals surface area contributed by atoms with Gasteiger partial charge in [-0.25, -0.2) is 18.2 Å². The first kappa shape index (κ1) is 21.3. The predicted molar refractivity (Wildman–Crippen MR) is 109 cm³/mol. The summed E-state index contributed by atoms with van der Waals surface area (Å²) in [6.45, 7) is 0. The molecule has 0 atom stereocenters. The first-order valence-electron chi connectivity index (χ1n) is 8.86. The van der Waals surface area contributed by atoms with E-state index in [-0.39, 0.29) is 22.7 Å². The van der Waals surface area contributed by atoms with Crippen molar-refractivity contribution in [2.24, 2.45) is 21.1 Å². The molecule has 0 radical (unpaired) electrons. The van der Waals surface area contributed by atoms with Crippen LogP contribution in [0.4, 0.5) is 5.69 Å². The number of imidazole rings is 1. The summed E-state index contributed by atoms with van der Waals surface area (Å²) in [6.07, 6.45) is -0.311. The topological polar surface area (TPSA) is 134 Å². The number of rotatable bonds is 6. The van der Waals surface area contributed by atoms with E-state index < -0.39 is 32.7 Å². The number of sulfone groups is 1. The SMILES string of the molecule is COc1ccc(NC(=O)CCS(=O)(=O)c2nc3c(=O)n(C)c(=O)n(C)c3n2C)cc1. The summed E-state index contributed by atoms with van der Waals surface area (Å²) in [5.74, 6) is -0.385. The maximum atomic E-state index is 12.8. The van der Waals surface area contributed by atoms with Gasteiger partial charge in [0, 0.05) is 33.3 Å². The van der Waals surface area contributed by atoms with Gasteiger partial charge in [0.05, 0.1) is 12.9 Å². The number of benzene rings is 1. The lowest BCUT2D eigenvalue weighted by atomic mass is 10.3. The largest absolute Gasteiger partial charge is 0.497 e. The van der Waals surface area contributed by atoms with Crippen molar-refractivity contribution in [1.29, 1.82) is 0 Å². The van der Waals surface area contributed by atoms with Crippen LogP contribution in [-0.4, -0.2) is 45.9 Å². The van der Waals surface area contributed by atoms with Crippen LogP contribution in [0.25, 0.3) is 11.2 Å². The van der Waals surface area contributed by atoms with E-state index in [1.165, 1.54) is 32.8 Å². The van der Waals surface area contributed by atoms with Crippen molar-refractivity contribution < 1.29 is 17.9 Å². The molecule has 0 aliphatic carbocycles. The molecule has 1 amide bonds. The number of hydrogen-bond donors (Lipinski definition) is 1. The van der Waals surface area contributed by atoms with Gasteiger partial charge in [0.2, 0.25) is 20.9 Å². The molecule has 1 N–H and O–H groups in total. The summed E-state index contributed by atoms with van der Waals surface area (Å²) in [4.78, 5) is 40.6. The molecule has 160 valence electrons. The van der Waals surface area contributed by atoms with Gasteiger partial charge in [-0.15, -0.1) is 0 Å². The quantitative estimate of drug-likeness (QED) is 0.566. The van der Waals surface area contributed by atoms with Crippen molar-refractivity contribution in [3.05, 3.63) is 45.1 Å². The third-order valence-corrected chi connectivity index (χ3v) is 6.34. The monoisotopic (exact) mass is 435 g/mol. The number of fused-ring (bicyclic) bond motifs is 1. The van der Waals surface area contributed by atoms with Crippen LogP contribution in [-0.2, 0) is 35.8 Å². The molecule has 0 bridgehead atoms. The first-order valence-corrected chi connectivity index (χ1v) is 10.5. The zero-order chi connectivity index (χ0) is 22.2. The number of amides is 1. The Morgan fingerprint density at radius 2 is 1.70 bits per heavy atom. The molecule has 12 heteroatoms. The number of hydrogen-bond acceptors (Lipinski definition) is 7. The number of carbonyl (C=O) groups excluding carboxylic acids is 1. The summed E-state index contributed by atoms with van der Waals surface area (Å²) < 4.78 is 33.8. The summed E-state index contributed by atoms with van der Waals surface area (Å²) >= 11 is 0. The highest BCUT2D eigenvalue weighted by atomic mass is 32.2. The van der Waals surface area contributed by atoms with Gasteiger partial charge >= 0.3 is 5.69 Å². The molecule has 11 nitrogen and oxygen atoms in total. The highest BCUT2D eigenvalue weighted by molar-refractivity contribution is 7.91. The molecule has 3 rings (SSSR count). The van der Waals surface area contributed by atoms with Crippen LogP contribution in [0.5, 0.6) is 5.75 Å². The van der Waals surface area contributed by atoms with Crippen LogP contribution < -0.4 is 21.3 Å². The summed E-state index contributed by atoms with van der Waals surface area (Å²) in [5.41, 5.74) is -0.840. The molecule has 0 saturated carbocycles. The number of carbonyl (C=O) groups is 1. The predicted octanol–water partition coefficient (Wildman–Crippen LogP) is -0.218. The van der Waals surface area contributed by atoms with E-state index in [1.54, 1.807) is 24.3 Å². The van der Waals surface area contributed by atoms with Gasteiger partial charge in [-0.2, -0.15) is 0 Å². The molecule has 2 aromatic heterocycles. The number of aryl methyl sites for hydroxylation is 2. The molecule has 0 fully saturated rings. The lowest BCUT2D eigenvalue weighted by Gasteiger charge is -2.08. The number of nitrogens with one attached hydrogen (secondary N) is 1. The Hall–Kier alpha value is -3.41. The third-order valence-electron chi connectivity index (χ3n) is 4.67. The third kappa shape index (κ3) is 3.73. The van der Waals surface area contributed by atoms with Gasteiger partial charge in [0.15, 0.2) is 11.2 Å². The summed E-state index contributed by atoms with van der Waals surface area (Å²) in [7, 11) is 1.63. The second kappa shape index (κ2) is 7.78. The van der Waals surface area contributed by atoms with E-state index in [9.17, 15) is 22.8 Å². The Kier molecular flexibility index (Phi) is 5.53. The molecule has 0 spiro atoms. The lowest BCUT2D eigenvalue weighted by Crippen LogP contribution is -2.37. The standard InChI is InChI=1S/C18H21N5O6S/c1-21-15-14(16(25)23(3)18(26)22(15)2)20-17(21)30(27,28)10-9-13(24)19-11-5-7-12(29-4)8-6-11/h5-8H,9-10H2,1-4H3,(H,19,24). The van der Waals surface area contributed by atoms with E-state index in [1.807, 2.05) is 0 Å². The Morgan fingerprint density at radius 1 is 1.07 bits per heavy atom. The van der Waals surface area contributed by atoms with Crippen LogP contribution in [0.3, 0.4) is 0 Å². The lowest BCUT2D eigenvalue weighted by molar-refractivity contribution is -0.115. The van der Waals surface area contributed by atoms with Crippen molar-refractivity contribution in [1.82, 2.24) is 18.7 Å². The van der Waals surface area contributed by atoms with Crippen LogP contribution >= 0.6 is 0 Å². The van der Waals surface area contributed by atoms with Gasteiger partial charge in [-0.05, 0) is 24.3 Å². The van der Waals surface area contributed by atoms with Crippen molar-refractivity contribution in [2.75, 3.05) is 18.2 Å². The van der Waals surface area contributed by atoms with Crippen LogP contribution in [0.2, 0.25) is 0 Å². The zero-order valence-electron chi connectivity index (χ0n) is 16.9. The molecule has 0 aliphatic rings. The van der Waals surface area contributed by atoms with Crippen molar-refractivity contribution >= 4 is 32.6 Å². The van der Waals surface area contributed by atoms with E-state index in [0.717, 1.165) is 9.13 Å². The van der Waals surface area contributed by atoms with E-state index in [0.29, 0.717) is 11.4 Å². The van der Waals surface area contributed by atoms with Gasteiger partial charge in [-0.1, -0.05) is 0 Å². The molecule has 2 heterocycles. The minimum atomic E-state index is -4.00. The van der Waals surface area contributed by atoms with E-state index >= 15 is 0 Å². The molecule has 1 aromatic carbocycles. The van der Waals surface area contributed by atoms with Crippen LogP contribution in [0.15, 0.2) is 39.0 Å². The second-order valence-electron chi connectivity index (χ2n) is 6.68. The van der Waals surface area contributed by atoms with Gasteiger partial charge in [0.1, 0.15) is 5.75 Å². The zero-order valence-corrected chi connectivity index (χ0v) is 17.7. The van der Waals surface area contributed by atoms with Crippen molar-refractivity contribution in [2.45, 2.75) is 11.6 Å². The Balaban J connectivity index is 1.84. The second-order valence-corrected chi connectivity index (χ2v) is 8.68. The average molecular weight is 435 g/mol. The fraction of sp³-hybridized carbons (Fsp3) is 0.333. The summed E-state index contributed by atoms with van der Waals surface area (Å²) in [5, 5.41) is 2.23. The number of methoxy groups -OCH3 is 1. The van der Waals surface area contributed by atoms with Crippen LogP contribution in [0, 0.1) is 0 Å². The van der Waals surface area contributed by atoms with Crippen molar-refractivity contribution in [3.8, 4) is 5.75 Å². The van der Waals surface area contributed by atoms with E-state index in [2.05, 4.69) is 10.3 Å².